The van der Waals surface area contributed by atoms with E-state index >= 15 is 0 Å². The van der Waals surface area contributed by atoms with Crippen molar-refractivity contribution in [3.63, 3.8) is 0 Å². The average Bonchev–Trinajstić information content (AvgIpc) is 2.88. The second-order valence-corrected chi connectivity index (χ2v) is 9.95. The number of aromatic carboxylic acids is 1. The Morgan fingerprint density at radius 2 is 1.70 bits per heavy atom. The number of hydrogen-bond donors (Lipinski definition) is 2. The van der Waals surface area contributed by atoms with E-state index in [2.05, 4.69) is 12.2 Å². The first-order valence-electron chi connectivity index (χ1n) is 13.6. The summed E-state index contributed by atoms with van der Waals surface area (Å²) in [4.78, 5) is 26.5. The number of urea groups is 1. The molecule has 2 aromatic carbocycles. The molecule has 37 heavy (non-hydrogen) atoms. The van der Waals surface area contributed by atoms with Crippen LogP contribution in [0.25, 0.3) is 0 Å². The van der Waals surface area contributed by atoms with Crippen molar-refractivity contribution in [3.05, 3.63) is 64.7 Å². The quantitative estimate of drug-likeness (QED) is 0.298. The van der Waals surface area contributed by atoms with Crippen LogP contribution >= 0.6 is 0 Å². The highest BCUT2D eigenvalue weighted by molar-refractivity contribution is 5.91. The van der Waals surface area contributed by atoms with Gasteiger partial charge in [0.05, 0.1) is 31.0 Å². The highest BCUT2D eigenvalue weighted by Crippen LogP contribution is 2.25. The zero-order valence-electron chi connectivity index (χ0n) is 22.5. The number of rotatable bonds is 13. The van der Waals surface area contributed by atoms with E-state index in [1.165, 1.54) is 0 Å². The Kier molecular flexibility index (Phi) is 11.4. The molecule has 0 heterocycles. The van der Waals surface area contributed by atoms with Crippen LogP contribution < -0.4 is 5.32 Å². The third-order valence-electron chi connectivity index (χ3n) is 7.05. The smallest absolute Gasteiger partial charge is 0.336 e. The maximum absolute atomic E-state index is 13.0. The summed E-state index contributed by atoms with van der Waals surface area (Å²) in [5.74, 6) is -0.920. The number of para-hydroxylation sites is 1. The average molecular weight is 511 g/mol. The topological polar surface area (TPSA) is 88.1 Å². The third kappa shape index (κ3) is 8.86. The molecule has 3 rings (SSSR count). The van der Waals surface area contributed by atoms with Gasteiger partial charge in [0.25, 0.3) is 0 Å². The van der Waals surface area contributed by atoms with E-state index < -0.39 is 5.97 Å². The lowest BCUT2D eigenvalue weighted by atomic mass is 9.94. The summed E-state index contributed by atoms with van der Waals surface area (Å²) in [5, 5.41) is 12.6. The van der Waals surface area contributed by atoms with E-state index in [-0.39, 0.29) is 24.8 Å². The maximum atomic E-state index is 13.0. The van der Waals surface area contributed by atoms with E-state index in [4.69, 9.17) is 9.47 Å². The van der Waals surface area contributed by atoms with Gasteiger partial charge in [-0.3, -0.25) is 0 Å². The minimum Gasteiger partial charge on any atom is -0.478 e. The first kappa shape index (κ1) is 28.7. The summed E-state index contributed by atoms with van der Waals surface area (Å²) in [6.07, 6.45) is 6.95. The number of ether oxygens (including phenoxy) is 2. The number of unbranched alkanes of at least 4 members (excludes halogenated alkanes) is 2. The number of hydrogen-bond acceptors (Lipinski definition) is 4. The number of aryl methyl sites for hydroxylation is 2. The molecule has 0 bridgehead atoms. The Balaban J connectivity index is 1.49. The van der Waals surface area contributed by atoms with Crippen LogP contribution in [0, 0.1) is 13.8 Å². The summed E-state index contributed by atoms with van der Waals surface area (Å²) in [7, 11) is 0. The highest BCUT2D eigenvalue weighted by Gasteiger charge is 2.24. The monoisotopic (exact) mass is 510 g/mol. The number of carboxylic acid groups (broad SMARTS) is 1. The summed E-state index contributed by atoms with van der Waals surface area (Å²) in [6, 6.07) is 13.2. The second-order valence-electron chi connectivity index (χ2n) is 9.95. The van der Waals surface area contributed by atoms with Crippen LogP contribution in [0.1, 0.15) is 78.9 Å². The van der Waals surface area contributed by atoms with E-state index in [1.807, 2.05) is 61.2 Å². The molecule has 0 radical (unpaired) electrons. The molecule has 2 aromatic rings. The standard InChI is InChI=1S/C30H42N2O5/c1-4-5-8-17-32(30(35)31-27-16-7-6-11-22(27)2)18-19-36-25-14-10-15-26(20-25)37-21-24-13-9-12-23(3)28(24)29(33)34/h6-7,9,11-13,16,25-26H,4-5,8,10,14-15,17-21H2,1-3H3,(H,31,35)(H,33,34). The molecule has 1 fully saturated rings. The van der Waals surface area contributed by atoms with Gasteiger partial charge in [0, 0.05) is 18.8 Å². The summed E-state index contributed by atoms with van der Waals surface area (Å²) in [6.45, 7) is 7.95. The molecule has 2 amide bonds. The van der Waals surface area contributed by atoms with Crippen molar-refractivity contribution in [1.82, 2.24) is 4.90 Å². The number of carboxylic acids is 1. The van der Waals surface area contributed by atoms with Gasteiger partial charge in [-0.1, -0.05) is 56.2 Å². The van der Waals surface area contributed by atoms with Gasteiger partial charge in [0.1, 0.15) is 0 Å². The van der Waals surface area contributed by atoms with Crippen LogP contribution in [-0.4, -0.2) is 53.9 Å². The normalized spacial score (nSPS) is 17.4. The van der Waals surface area contributed by atoms with Crippen LogP contribution in [0.2, 0.25) is 0 Å². The lowest BCUT2D eigenvalue weighted by Gasteiger charge is -2.30. The molecule has 202 valence electrons. The van der Waals surface area contributed by atoms with Crippen LogP contribution in [-0.2, 0) is 16.1 Å². The number of amides is 2. The van der Waals surface area contributed by atoms with Crippen molar-refractivity contribution in [3.8, 4) is 0 Å². The Bertz CT molecular complexity index is 1020. The minimum atomic E-state index is -0.920. The molecule has 0 aromatic heterocycles. The molecule has 7 nitrogen and oxygen atoms in total. The third-order valence-corrected chi connectivity index (χ3v) is 7.05. The number of carbonyl (C=O) groups is 2. The summed E-state index contributed by atoms with van der Waals surface area (Å²) >= 11 is 0. The van der Waals surface area contributed by atoms with Crippen molar-refractivity contribution in [2.75, 3.05) is 25.0 Å². The van der Waals surface area contributed by atoms with E-state index in [1.54, 1.807) is 0 Å². The Morgan fingerprint density at radius 1 is 0.973 bits per heavy atom. The highest BCUT2D eigenvalue weighted by atomic mass is 16.5. The largest absolute Gasteiger partial charge is 0.478 e. The molecule has 0 saturated heterocycles. The molecule has 1 aliphatic carbocycles. The molecule has 0 spiro atoms. The predicted octanol–water partition coefficient (Wildman–Crippen LogP) is 6.57. The molecule has 1 aliphatic rings. The zero-order chi connectivity index (χ0) is 26.6. The van der Waals surface area contributed by atoms with E-state index in [0.717, 1.165) is 61.8 Å². The van der Waals surface area contributed by atoms with E-state index in [0.29, 0.717) is 30.8 Å². The molecular weight excluding hydrogens is 468 g/mol. The molecule has 7 heteroatoms. The summed E-state index contributed by atoms with van der Waals surface area (Å²) in [5.41, 5.74) is 3.65. The number of benzene rings is 2. The molecule has 2 N–H and O–H groups in total. The van der Waals surface area contributed by atoms with Gasteiger partial charge in [-0.15, -0.1) is 0 Å². The van der Waals surface area contributed by atoms with Crippen molar-refractivity contribution >= 4 is 17.7 Å². The number of anilines is 1. The van der Waals surface area contributed by atoms with Gasteiger partial charge >= 0.3 is 12.0 Å². The number of nitrogens with zero attached hydrogens (tertiary/aromatic N) is 1. The Morgan fingerprint density at radius 3 is 2.43 bits per heavy atom. The van der Waals surface area contributed by atoms with Crippen LogP contribution in [0.3, 0.4) is 0 Å². The second kappa shape index (κ2) is 14.7. The number of carbonyl (C=O) groups excluding carboxylic acids is 1. The minimum absolute atomic E-state index is 0.0333. The predicted molar refractivity (Wildman–Crippen MR) is 146 cm³/mol. The lowest BCUT2D eigenvalue weighted by Crippen LogP contribution is -2.39. The number of nitrogens with one attached hydrogen (secondary N) is 1. The van der Waals surface area contributed by atoms with Crippen molar-refractivity contribution in [1.29, 1.82) is 0 Å². The van der Waals surface area contributed by atoms with Crippen LogP contribution in [0.5, 0.6) is 0 Å². The first-order valence-corrected chi connectivity index (χ1v) is 13.6. The van der Waals surface area contributed by atoms with Crippen LogP contribution in [0.15, 0.2) is 42.5 Å². The van der Waals surface area contributed by atoms with Gasteiger partial charge in [0.2, 0.25) is 0 Å². The maximum Gasteiger partial charge on any atom is 0.336 e. The molecular formula is C30H42N2O5. The molecule has 0 aliphatic heterocycles. The van der Waals surface area contributed by atoms with Gasteiger partial charge < -0.3 is 24.8 Å². The zero-order valence-corrected chi connectivity index (χ0v) is 22.5. The molecule has 2 unspecified atom stereocenters. The van der Waals surface area contributed by atoms with Gasteiger partial charge in [-0.05, 0) is 68.7 Å². The summed E-state index contributed by atoms with van der Waals surface area (Å²) < 4.78 is 12.3. The first-order chi connectivity index (χ1) is 17.9. The van der Waals surface area contributed by atoms with Crippen molar-refractivity contribution in [2.24, 2.45) is 0 Å². The van der Waals surface area contributed by atoms with Crippen LogP contribution in [0.4, 0.5) is 10.5 Å². The fourth-order valence-corrected chi connectivity index (χ4v) is 4.87. The van der Waals surface area contributed by atoms with Gasteiger partial charge in [-0.25, -0.2) is 9.59 Å². The SMILES string of the molecule is CCCCCN(CCOC1CCCC(OCc2cccc(C)c2C(=O)O)C1)C(=O)Nc1ccccc1C. The lowest BCUT2D eigenvalue weighted by molar-refractivity contribution is -0.0523. The van der Waals surface area contributed by atoms with Gasteiger partial charge in [0.15, 0.2) is 0 Å². The van der Waals surface area contributed by atoms with E-state index in [9.17, 15) is 14.7 Å². The van der Waals surface area contributed by atoms with Crippen molar-refractivity contribution in [2.45, 2.75) is 84.5 Å². The fourth-order valence-electron chi connectivity index (χ4n) is 4.87. The fraction of sp³-hybridized carbons (Fsp3) is 0.533. The Labute approximate surface area is 221 Å². The molecule has 1 saturated carbocycles. The molecule has 2 atom stereocenters. The Hall–Kier alpha value is -2.90. The van der Waals surface area contributed by atoms with Crippen molar-refractivity contribution < 1.29 is 24.2 Å². The van der Waals surface area contributed by atoms with Gasteiger partial charge in [-0.2, -0.15) is 0 Å².